The van der Waals surface area contributed by atoms with E-state index in [-0.39, 0.29) is 17.2 Å². The second-order valence-corrected chi connectivity index (χ2v) is 7.57. The van der Waals surface area contributed by atoms with Crippen molar-refractivity contribution in [2.45, 2.75) is 18.7 Å². The van der Waals surface area contributed by atoms with Crippen molar-refractivity contribution in [3.05, 3.63) is 47.5 Å². The Morgan fingerprint density at radius 2 is 1.75 bits per heavy atom. The van der Waals surface area contributed by atoms with Gasteiger partial charge in [-0.15, -0.1) is 0 Å². The number of hydrogen-bond acceptors (Lipinski definition) is 7. The van der Waals surface area contributed by atoms with E-state index in [1.807, 2.05) is 0 Å². The third-order valence-electron chi connectivity index (χ3n) is 3.97. The van der Waals surface area contributed by atoms with Crippen LogP contribution in [0.15, 0.2) is 39.8 Å². The van der Waals surface area contributed by atoms with Crippen LogP contribution in [-0.2, 0) is 10.0 Å². The normalized spacial score (nSPS) is 11.3. The van der Waals surface area contributed by atoms with Gasteiger partial charge in [0.1, 0.15) is 10.7 Å². The van der Waals surface area contributed by atoms with E-state index in [0.29, 0.717) is 22.8 Å². The number of anilines is 1. The average Bonchev–Trinajstić information content (AvgIpc) is 3.09. The molecule has 1 aromatic heterocycles. The molecule has 0 aliphatic rings. The lowest BCUT2D eigenvalue weighted by Crippen LogP contribution is -2.15. The largest absolute Gasteiger partial charge is 0.493 e. The molecule has 0 unspecified atom stereocenters. The highest BCUT2D eigenvalue weighted by atomic mass is 32.2. The lowest BCUT2D eigenvalue weighted by Gasteiger charge is -2.14. The van der Waals surface area contributed by atoms with Crippen LogP contribution in [-0.4, -0.2) is 32.8 Å². The standard InChI is InChI=1S/C18H18FN3O5S/c1-10-7-12(18-20-11(2)21-27-18)5-6-14(10)22-28(23,24)17-9-16(26-4)15(25-3)8-13(17)19/h5-9,22H,1-4H3. The van der Waals surface area contributed by atoms with Gasteiger partial charge in [0, 0.05) is 17.7 Å². The Balaban J connectivity index is 1.95. The van der Waals surface area contributed by atoms with Gasteiger partial charge in [0.2, 0.25) is 0 Å². The van der Waals surface area contributed by atoms with Crippen molar-refractivity contribution in [2.75, 3.05) is 18.9 Å². The highest BCUT2D eigenvalue weighted by molar-refractivity contribution is 7.92. The molecule has 0 amide bonds. The number of aromatic nitrogens is 2. The fourth-order valence-corrected chi connectivity index (χ4v) is 3.77. The van der Waals surface area contributed by atoms with Gasteiger partial charge in [-0.3, -0.25) is 4.72 Å². The summed E-state index contributed by atoms with van der Waals surface area (Å²) in [7, 11) is -1.54. The van der Waals surface area contributed by atoms with Gasteiger partial charge in [-0.05, 0) is 37.6 Å². The predicted molar refractivity (Wildman–Crippen MR) is 99.5 cm³/mol. The molecule has 0 radical (unpaired) electrons. The fourth-order valence-electron chi connectivity index (χ4n) is 2.57. The number of halogens is 1. The minimum Gasteiger partial charge on any atom is -0.493 e. The molecular weight excluding hydrogens is 389 g/mol. The van der Waals surface area contributed by atoms with Crippen LogP contribution in [0, 0.1) is 19.7 Å². The Morgan fingerprint density at radius 3 is 2.32 bits per heavy atom. The van der Waals surface area contributed by atoms with Crippen LogP contribution >= 0.6 is 0 Å². The van der Waals surface area contributed by atoms with Crippen LogP contribution in [0.3, 0.4) is 0 Å². The van der Waals surface area contributed by atoms with Crippen LogP contribution in [0.1, 0.15) is 11.4 Å². The van der Waals surface area contributed by atoms with Gasteiger partial charge >= 0.3 is 0 Å². The summed E-state index contributed by atoms with van der Waals surface area (Å²) < 4.78 is 57.3. The summed E-state index contributed by atoms with van der Waals surface area (Å²) in [4.78, 5) is 3.57. The monoisotopic (exact) mass is 407 g/mol. The molecule has 0 spiro atoms. The number of nitrogens with one attached hydrogen (secondary N) is 1. The first kappa shape index (κ1) is 19.6. The van der Waals surface area contributed by atoms with Gasteiger partial charge in [-0.25, -0.2) is 12.8 Å². The molecule has 10 heteroatoms. The first-order valence-corrected chi connectivity index (χ1v) is 9.59. The van der Waals surface area contributed by atoms with E-state index >= 15 is 0 Å². The summed E-state index contributed by atoms with van der Waals surface area (Å²) in [6.45, 7) is 3.40. The zero-order chi connectivity index (χ0) is 20.5. The van der Waals surface area contributed by atoms with Crippen LogP contribution in [0.5, 0.6) is 11.5 Å². The van der Waals surface area contributed by atoms with Crippen molar-refractivity contribution in [1.29, 1.82) is 0 Å². The summed E-state index contributed by atoms with van der Waals surface area (Å²) in [6, 6.07) is 6.89. The number of benzene rings is 2. The molecule has 0 aliphatic heterocycles. The number of hydrogen-bond donors (Lipinski definition) is 1. The average molecular weight is 407 g/mol. The van der Waals surface area contributed by atoms with Gasteiger partial charge in [-0.1, -0.05) is 5.16 Å². The Morgan fingerprint density at radius 1 is 1.07 bits per heavy atom. The first-order chi connectivity index (χ1) is 13.2. The lowest BCUT2D eigenvalue weighted by atomic mass is 10.1. The molecule has 1 N–H and O–H groups in total. The number of aryl methyl sites for hydroxylation is 2. The van der Waals surface area contributed by atoms with Crippen molar-refractivity contribution in [2.24, 2.45) is 0 Å². The third kappa shape index (κ3) is 3.77. The Labute approximate surface area is 161 Å². The summed E-state index contributed by atoms with van der Waals surface area (Å²) in [5, 5.41) is 3.72. The van der Waals surface area contributed by atoms with Crippen molar-refractivity contribution in [3.8, 4) is 23.0 Å². The summed E-state index contributed by atoms with van der Waals surface area (Å²) in [5.41, 5.74) is 1.52. The van der Waals surface area contributed by atoms with Crippen molar-refractivity contribution in [3.63, 3.8) is 0 Å². The van der Waals surface area contributed by atoms with E-state index < -0.39 is 20.7 Å². The molecule has 0 fully saturated rings. The van der Waals surface area contributed by atoms with E-state index in [1.54, 1.807) is 32.0 Å². The Hall–Kier alpha value is -3.14. The van der Waals surface area contributed by atoms with Crippen LogP contribution in [0.4, 0.5) is 10.1 Å². The van der Waals surface area contributed by atoms with Crippen molar-refractivity contribution < 1.29 is 26.8 Å². The minimum atomic E-state index is -4.21. The maximum absolute atomic E-state index is 14.4. The quantitative estimate of drug-likeness (QED) is 0.668. The molecule has 0 atom stereocenters. The maximum atomic E-state index is 14.4. The lowest BCUT2D eigenvalue weighted by molar-refractivity contribution is 0.350. The molecule has 2 aromatic carbocycles. The van der Waals surface area contributed by atoms with E-state index in [4.69, 9.17) is 14.0 Å². The molecule has 3 aromatic rings. The summed E-state index contributed by atoms with van der Waals surface area (Å²) >= 11 is 0. The Kier molecular flexibility index (Phi) is 5.23. The smallest absolute Gasteiger partial charge is 0.264 e. The molecule has 0 saturated heterocycles. The highest BCUT2D eigenvalue weighted by Crippen LogP contribution is 2.33. The molecular formula is C18H18FN3O5S. The summed E-state index contributed by atoms with van der Waals surface area (Å²) in [6.07, 6.45) is 0. The molecule has 3 rings (SSSR count). The molecule has 1 heterocycles. The molecule has 0 bridgehead atoms. The van der Waals surface area contributed by atoms with Gasteiger partial charge in [-0.2, -0.15) is 4.98 Å². The molecule has 148 valence electrons. The third-order valence-corrected chi connectivity index (χ3v) is 5.35. The number of ether oxygens (including phenoxy) is 2. The molecule has 8 nitrogen and oxygen atoms in total. The van der Waals surface area contributed by atoms with Gasteiger partial charge in [0.15, 0.2) is 17.3 Å². The maximum Gasteiger partial charge on any atom is 0.264 e. The van der Waals surface area contributed by atoms with Crippen molar-refractivity contribution in [1.82, 2.24) is 10.1 Å². The van der Waals surface area contributed by atoms with Crippen LogP contribution in [0.2, 0.25) is 0 Å². The zero-order valence-electron chi connectivity index (χ0n) is 15.6. The van der Waals surface area contributed by atoms with Gasteiger partial charge in [0.25, 0.3) is 15.9 Å². The van der Waals surface area contributed by atoms with E-state index in [1.165, 1.54) is 14.2 Å². The van der Waals surface area contributed by atoms with Gasteiger partial charge in [0.05, 0.1) is 19.9 Å². The Bertz CT molecular complexity index is 1130. The molecule has 0 saturated carbocycles. The number of rotatable bonds is 6. The summed E-state index contributed by atoms with van der Waals surface area (Å²) in [5.74, 6) is 0.0421. The fraction of sp³-hybridized carbons (Fsp3) is 0.222. The minimum absolute atomic E-state index is 0.0920. The van der Waals surface area contributed by atoms with Crippen molar-refractivity contribution >= 4 is 15.7 Å². The number of sulfonamides is 1. The second-order valence-electron chi connectivity index (χ2n) is 5.92. The van der Waals surface area contributed by atoms with Gasteiger partial charge < -0.3 is 14.0 Å². The van der Waals surface area contributed by atoms with E-state index in [2.05, 4.69) is 14.9 Å². The highest BCUT2D eigenvalue weighted by Gasteiger charge is 2.23. The predicted octanol–water partition coefficient (Wildman–Crippen LogP) is 3.31. The van der Waals surface area contributed by atoms with Crippen LogP contribution < -0.4 is 14.2 Å². The number of methoxy groups -OCH3 is 2. The molecule has 0 aliphatic carbocycles. The first-order valence-electron chi connectivity index (χ1n) is 8.11. The van der Waals surface area contributed by atoms with E-state index in [0.717, 1.165) is 12.1 Å². The SMILES string of the molecule is COc1cc(F)c(S(=O)(=O)Nc2ccc(-c3nc(C)no3)cc2C)cc1OC. The number of nitrogens with zero attached hydrogens (tertiary/aromatic N) is 2. The second kappa shape index (κ2) is 7.47. The van der Waals surface area contributed by atoms with E-state index in [9.17, 15) is 12.8 Å². The topological polar surface area (TPSA) is 104 Å². The zero-order valence-corrected chi connectivity index (χ0v) is 16.4. The van der Waals surface area contributed by atoms with Crippen LogP contribution in [0.25, 0.3) is 11.5 Å². The molecule has 28 heavy (non-hydrogen) atoms.